The number of nitrogens with zero attached hydrogens (tertiary/aromatic N) is 2. The third-order valence-electron chi connectivity index (χ3n) is 5.68. The predicted octanol–water partition coefficient (Wildman–Crippen LogP) is 5.10. The van der Waals surface area contributed by atoms with Gasteiger partial charge in [-0.05, 0) is 42.7 Å². The maximum Gasteiger partial charge on any atom is 0.249 e. The minimum Gasteiger partial charge on any atom is -0.497 e. The topological polar surface area (TPSA) is 93.2 Å². The van der Waals surface area contributed by atoms with Crippen LogP contribution in [0.4, 0.5) is 5.13 Å². The molecule has 0 radical (unpaired) electrons. The zero-order valence-electron chi connectivity index (χ0n) is 19.9. The van der Waals surface area contributed by atoms with Crippen molar-refractivity contribution in [2.24, 2.45) is 5.92 Å². The molecule has 3 aromatic rings. The SMILES string of the molecule is CCCCC(CC)C(=O)NC(Cc1ccccc1)C(=O)Nc1nnc(-c2ccc(OC)cc2)s1. The number of unbranched alkanes of at least 4 members (excludes halogenated alkanes) is 1. The lowest BCUT2D eigenvalue weighted by Gasteiger charge is -2.21. The number of anilines is 1. The predicted molar refractivity (Wildman–Crippen MR) is 136 cm³/mol. The lowest BCUT2D eigenvalue weighted by atomic mass is 9.97. The minimum absolute atomic E-state index is 0.0804. The first-order valence-corrected chi connectivity index (χ1v) is 12.5. The first-order valence-electron chi connectivity index (χ1n) is 11.7. The summed E-state index contributed by atoms with van der Waals surface area (Å²) in [5.74, 6) is 0.267. The van der Waals surface area contributed by atoms with E-state index in [0.717, 1.165) is 42.6 Å². The van der Waals surface area contributed by atoms with Crippen molar-refractivity contribution in [2.45, 2.75) is 52.0 Å². The van der Waals surface area contributed by atoms with Gasteiger partial charge in [-0.15, -0.1) is 10.2 Å². The number of hydrogen-bond donors (Lipinski definition) is 2. The van der Waals surface area contributed by atoms with Crippen LogP contribution in [-0.4, -0.2) is 35.2 Å². The fourth-order valence-corrected chi connectivity index (χ4v) is 4.39. The summed E-state index contributed by atoms with van der Waals surface area (Å²) < 4.78 is 5.19. The van der Waals surface area contributed by atoms with E-state index in [9.17, 15) is 9.59 Å². The molecule has 0 bridgehead atoms. The van der Waals surface area contributed by atoms with E-state index in [0.29, 0.717) is 16.6 Å². The van der Waals surface area contributed by atoms with Gasteiger partial charge in [0.05, 0.1) is 7.11 Å². The second-order valence-corrected chi connectivity index (χ2v) is 9.11. The summed E-state index contributed by atoms with van der Waals surface area (Å²) in [6, 6.07) is 16.5. The molecular formula is C26H32N4O3S. The fraction of sp³-hybridized carbons (Fsp3) is 0.385. The van der Waals surface area contributed by atoms with Gasteiger partial charge < -0.3 is 10.1 Å². The first-order chi connectivity index (χ1) is 16.5. The standard InChI is InChI=1S/C26H32N4O3S/c1-4-6-12-19(5-2)23(31)27-22(17-18-10-8-7-9-11-18)24(32)28-26-30-29-25(34-26)20-13-15-21(33-3)16-14-20/h7-11,13-16,19,22H,4-6,12,17H2,1-3H3,(H,27,31)(H,28,30,32). The van der Waals surface area contributed by atoms with Crippen LogP contribution in [0.3, 0.4) is 0 Å². The van der Waals surface area contributed by atoms with Crippen LogP contribution in [0.1, 0.15) is 45.1 Å². The van der Waals surface area contributed by atoms with E-state index < -0.39 is 6.04 Å². The van der Waals surface area contributed by atoms with Gasteiger partial charge in [0.25, 0.3) is 0 Å². The minimum atomic E-state index is -0.709. The second kappa shape index (κ2) is 12.8. The van der Waals surface area contributed by atoms with Crippen LogP contribution >= 0.6 is 11.3 Å². The van der Waals surface area contributed by atoms with Crippen LogP contribution in [0, 0.1) is 5.92 Å². The van der Waals surface area contributed by atoms with Gasteiger partial charge in [-0.1, -0.05) is 68.4 Å². The van der Waals surface area contributed by atoms with Gasteiger partial charge in [-0.25, -0.2) is 0 Å². The Kier molecular flexibility index (Phi) is 9.58. The molecule has 0 saturated carbocycles. The first kappa shape index (κ1) is 25.4. The monoisotopic (exact) mass is 480 g/mol. The Bertz CT molecular complexity index is 1050. The lowest BCUT2D eigenvalue weighted by molar-refractivity contribution is -0.129. The maximum absolute atomic E-state index is 13.2. The van der Waals surface area contributed by atoms with E-state index in [1.54, 1.807) is 7.11 Å². The molecule has 1 aromatic heterocycles. The van der Waals surface area contributed by atoms with Crippen LogP contribution in [0.15, 0.2) is 54.6 Å². The van der Waals surface area contributed by atoms with E-state index in [1.165, 1.54) is 11.3 Å². The zero-order valence-corrected chi connectivity index (χ0v) is 20.7. The van der Waals surface area contributed by atoms with Crippen LogP contribution < -0.4 is 15.4 Å². The number of benzene rings is 2. The molecular weight excluding hydrogens is 448 g/mol. The molecule has 8 heteroatoms. The number of nitrogens with one attached hydrogen (secondary N) is 2. The summed E-state index contributed by atoms with van der Waals surface area (Å²) in [5, 5.41) is 15.2. The Morgan fingerprint density at radius 3 is 2.38 bits per heavy atom. The molecule has 1 heterocycles. The Labute approximate surface area is 205 Å². The number of ether oxygens (including phenoxy) is 1. The highest BCUT2D eigenvalue weighted by Crippen LogP contribution is 2.28. The summed E-state index contributed by atoms with van der Waals surface area (Å²) in [6.07, 6.45) is 3.98. The van der Waals surface area contributed by atoms with Gasteiger partial charge in [-0.3, -0.25) is 14.9 Å². The average molecular weight is 481 g/mol. The number of hydrogen-bond acceptors (Lipinski definition) is 6. The number of rotatable bonds is 12. The third-order valence-corrected chi connectivity index (χ3v) is 6.57. The van der Waals surface area contributed by atoms with E-state index in [4.69, 9.17) is 4.74 Å². The number of carbonyl (C=O) groups is 2. The van der Waals surface area contributed by atoms with E-state index in [1.807, 2.05) is 61.5 Å². The van der Waals surface area contributed by atoms with E-state index in [2.05, 4.69) is 27.8 Å². The van der Waals surface area contributed by atoms with Crippen LogP contribution in [0.5, 0.6) is 5.75 Å². The number of carbonyl (C=O) groups excluding carboxylic acids is 2. The summed E-state index contributed by atoms with van der Waals surface area (Å²) in [4.78, 5) is 26.2. The molecule has 0 fully saturated rings. The molecule has 2 atom stereocenters. The average Bonchev–Trinajstić information content (AvgIpc) is 3.33. The summed E-state index contributed by atoms with van der Waals surface area (Å²) in [6.45, 7) is 4.12. The Balaban J connectivity index is 1.72. The molecule has 2 unspecified atom stereocenters. The van der Waals surface area contributed by atoms with Gasteiger partial charge in [0.15, 0.2) is 0 Å². The molecule has 2 aromatic carbocycles. The van der Waals surface area contributed by atoms with Crippen molar-refractivity contribution in [1.82, 2.24) is 15.5 Å². The van der Waals surface area contributed by atoms with E-state index >= 15 is 0 Å². The normalized spacial score (nSPS) is 12.6. The highest BCUT2D eigenvalue weighted by atomic mass is 32.1. The van der Waals surface area contributed by atoms with Gasteiger partial charge in [0, 0.05) is 17.9 Å². The molecule has 0 aliphatic carbocycles. The van der Waals surface area contributed by atoms with Crippen LogP contribution in [-0.2, 0) is 16.0 Å². The van der Waals surface area contributed by atoms with Crippen molar-refractivity contribution in [1.29, 1.82) is 0 Å². The van der Waals surface area contributed by atoms with Gasteiger partial charge in [0.2, 0.25) is 16.9 Å². The van der Waals surface area contributed by atoms with Crippen LogP contribution in [0.2, 0.25) is 0 Å². The molecule has 0 spiro atoms. The van der Waals surface area contributed by atoms with Crippen LogP contribution in [0.25, 0.3) is 10.6 Å². The molecule has 2 amide bonds. The van der Waals surface area contributed by atoms with Gasteiger partial charge in [-0.2, -0.15) is 0 Å². The molecule has 0 aliphatic rings. The molecule has 34 heavy (non-hydrogen) atoms. The maximum atomic E-state index is 13.2. The molecule has 3 rings (SSSR count). The number of aromatic nitrogens is 2. The highest BCUT2D eigenvalue weighted by Gasteiger charge is 2.26. The quantitative estimate of drug-likeness (QED) is 0.376. The van der Waals surface area contributed by atoms with Crippen molar-refractivity contribution in [3.8, 4) is 16.3 Å². The molecule has 2 N–H and O–H groups in total. The Morgan fingerprint density at radius 2 is 1.74 bits per heavy atom. The van der Waals surface area contributed by atoms with Crippen molar-refractivity contribution < 1.29 is 14.3 Å². The third kappa shape index (κ3) is 7.12. The molecule has 0 aliphatic heterocycles. The Hall–Kier alpha value is -3.26. The highest BCUT2D eigenvalue weighted by molar-refractivity contribution is 7.18. The van der Waals surface area contributed by atoms with Crippen molar-refractivity contribution in [3.63, 3.8) is 0 Å². The van der Waals surface area contributed by atoms with Crippen molar-refractivity contribution in [3.05, 3.63) is 60.2 Å². The number of methoxy groups -OCH3 is 1. The second-order valence-electron chi connectivity index (χ2n) is 8.13. The molecule has 180 valence electrons. The zero-order chi connectivity index (χ0) is 24.3. The number of amides is 2. The summed E-state index contributed by atoms with van der Waals surface area (Å²) >= 11 is 1.28. The van der Waals surface area contributed by atoms with Gasteiger partial charge in [0.1, 0.15) is 16.8 Å². The summed E-state index contributed by atoms with van der Waals surface area (Å²) in [7, 11) is 1.62. The molecule has 0 saturated heterocycles. The summed E-state index contributed by atoms with van der Waals surface area (Å²) in [5.41, 5.74) is 1.86. The smallest absolute Gasteiger partial charge is 0.249 e. The van der Waals surface area contributed by atoms with Crippen molar-refractivity contribution >= 4 is 28.3 Å². The van der Waals surface area contributed by atoms with Crippen molar-refractivity contribution in [2.75, 3.05) is 12.4 Å². The van der Waals surface area contributed by atoms with Gasteiger partial charge >= 0.3 is 0 Å². The largest absolute Gasteiger partial charge is 0.497 e. The molecule has 7 nitrogen and oxygen atoms in total. The van der Waals surface area contributed by atoms with E-state index in [-0.39, 0.29) is 17.7 Å². The Morgan fingerprint density at radius 1 is 1.00 bits per heavy atom. The fourth-order valence-electron chi connectivity index (χ4n) is 3.64. The lowest BCUT2D eigenvalue weighted by Crippen LogP contribution is -2.47.